The van der Waals surface area contributed by atoms with Crippen LogP contribution in [-0.4, -0.2) is 39.9 Å². The molecule has 0 aliphatic carbocycles. The lowest BCUT2D eigenvalue weighted by atomic mass is 9.92. The molecule has 0 amide bonds. The third-order valence-electron chi connectivity index (χ3n) is 10.3. The number of benzene rings is 2. The Morgan fingerprint density at radius 2 is 0.557 bits per heavy atom. The normalized spacial score (nSPS) is 11.0. The fraction of sp³-hybridized carbons (Fsp3) is 0.0189. The number of hydrogen-bond acceptors (Lipinski definition) is 8. The SMILES string of the molecule is c1ccc(-c2cccc(Cc3cc(-c4cc(-c5cccc(-c6ccccn6)n5)cc(-c5cccc(-c6ccccn6)n5)c4)cc(-c4cccc(-c5ccccn5)n4)c3)n2)nc1. The Balaban J connectivity index is 1.14. The van der Waals surface area contributed by atoms with E-state index < -0.39 is 0 Å². The van der Waals surface area contributed by atoms with Crippen molar-refractivity contribution in [3.8, 4) is 90.5 Å². The Morgan fingerprint density at radius 3 is 0.967 bits per heavy atom. The van der Waals surface area contributed by atoms with Crippen molar-refractivity contribution in [2.75, 3.05) is 0 Å². The predicted octanol–water partition coefficient (Wildman–Crippen LogP) is 11.8. The molecule has 61 heavy (non-hydrogen) atoms. The minimum atomic E-state index is 0.593. The molecule has 0 aliphatic rings. The fourth-order valence-electron chi connectivity index (χ4n) is 7.40. The molecule has 0 fully saturated rings. The monoisotopic (exact) mass is 784 g/mol. The van der Waals surface area contributed by atoms with E-state index >= 15 is 0 Å². The first-order valence-electron chi connectivity index (χ1n) is 20.0. The number of pyridine rings is 8. The molecule has 0 radical (unpaired) electrons. The van der Waals surface area contributed by atoms with Crippen LogP contribution in [0.5, 0.6) is 0 Å². The Kier molecular flexibility index (Phi) is 10.2. The van der Waals surface area contributed by atoms with Gasteiger partial charge in [-0.1, -0.05) is 54.6 Å². The van der Waals surface area contributed by atoms with Gasteiger partial charge in [0.15, 0.2) is 0 Å². The lowest BCUT2D eigenvalue weighted by molar-refractivity contribution is 1.07. The maximum atomic E-state index is 5.14. The zero-order valence-electron chi connectivity index (χ0n) is 32.9. The highest BCUT2D eigenvalue weighted by Gasteiger charge is 2.15. The van der Waals surface area contributed by atoms with Crippen molar-refractivity contribution < 1.29 is 0 Å². The summed E-state index contributed by atoms with van der Waals surface area (Å²) in [6.45, 7) is 0. The van der Waals surface area contributed by atoms with Crippen molar-refractivity contribution in [1.29, 1.82) is 0 Å². The molecule has 8 aromatic heterocycles. The van der Waals surface area contributed by atoms with E-state index in [0.717, 1.165) is 102 Å². The van der Waals surface area contributed by atoms with E-state index in [-0.39, 0.29) is 0 Å². The highest BCUT2D eigenvalue weighted by atomic mass is 14.8. The van der Waals surface area contributed by atoms with Gasteiger partial charge in [-0.05, 0) is 144 Å². The minimum Gasteiger partial charge on any atom is -0.255 e. The van der Waals surface area contributed by atoms with Gasteiger partial charge in [-0.2, -0.15) is 0 Å². The maximum absolute atomic E-state index is 5.14. The summed E-state index contributed by atoms with van der Waals surface area (Å²) >= 11 is 0. The molecule has 8 heterocycles. The third-order valence-corrected chi connectivity index (χ3v) is 10.3. The van der Waals surface area contributed by atoms with E-state index in [1.165, 1.54) is 0 Å². The molecule has 0 atom stereocenters. The van der Waals surface area contributed by atoms with E-state index in [9.17, 15) is 0 Å². The van der Waals surface area contributed by atoms with Gasteiger partial charge < -0.3 is 0 Å². The van der Waals surface area contributed by atoms with Crippen LogP contribution in [0.25, 0.3) is 90.5 Å². The quantitative estimate of drug-likeness (QED) is 0.135. The molecule has 8 heteroatoms. The van der Waals surface area contributed by atoms with Crippen LogP contribution >= 0.6 is 0 Å². The zero-order valence-corrected chi connectivity index (χ0v) is 32.9. The summed E-state index contributed by atoms with van der Waals surface area (Å²) in [5.41, 5.74) is 15.9. The predicted molar refractivity (Wildman–Crippen MR) is 242 cm³/mol. The van der Waals surface area contributed by atoms with Gasteiger partial charge in [-0.25, -0.2) is 15.0 Å². The van der Waals surface area contributed by atoms with Gasteiger partial charge in [-0.15, -0.1) is 0 Å². The van der Waals surface area contributed by atoms with Crippen molar-refractivity contribution >= 4 is 0 Å². The molecule has 288 valence electrons. The number of nitrogens with zero attached hydrogens (tertiary/aromatic N) is 8. The van der Waals surface area contributed by atoms with Gasteiger partial charge in [0.2, 0.25) is 0 Å². The number of aromatic nitrogens is 8. The van der Waals surface area contributed by atoms with Crippen LogP contribution in [0.4, 0.5) is 0 Å². The van der Waals surface area contributed by atoms with Crippen LogP contribution < -0.4 is 0 Å². The third kappa shape index (κ3) is 8.32. The van der Waals surface area contributed by atoms with Crippen molar-refractivity contribution in [1.82, 2.24) is 39.9 Å². The summed E-state index contributed by atoms with van der Waals surface area (Å²) in [4.78, 5) is 38.8. The average Bonchev–Trinajstić information content (AvgIpc) is 3.35. The van der Waals surface area contributed by atoms with Crippen LogP contribution in [-0.2, 0) is 6.42 Å². The first-order valence-corrected chi connectivity index (χ1v) is 20.0. The van der Waals surface area contributed by atoms with E-state index in [1.807, 2.05) is 133 Å². The van der Waals surface area contributed by atoms with Crippen LogP contribution in [0.3, 0.4) is 0 Å². The molecule has 10 aromatic rings. The van der Waals surface area contributed by atoms with Crippen molar-refractivity contribution in [3.05, 3.63) is 218 Å². The first kappa shape index (κ1) is 36.9. The van der Waals surface area contributed by atoms with E-state index in [4.69, 9.17) is 19.9 Å². The van der Waals surface area contributed by atoms with Crippen LogP contribution in [0.15, 0.2) is 207 Å². The molecular weight excluding hydrogens is 749 g/mol. The first-order chi connectivity index (χ1) is 30.2. The second-order valence-electron chi connectivity index (χ2n) is 14.5. The van der Waals surface area contributed by atoms with Gasteiger partial charge >= 0.3 is 0 Å². The molecule has 0 saturated carbocycles. The van der Waals surface area contributed by atoms with Crippen LogP contribution in [0.1, 0.15) is 11.3 Å². The molecule has 0 bridgehead atoms. The Labute approximate surface area is 353 Å². The molecule has 0 unspecified atom stereocenters. The van der Waals surface area contributed by atoms with Gasteiger partial charge in [0.25, 0.3) is 0 Å². The number of hydrogen-bond donors (Lipinski definition) is 0. The number of rotatable bonds is 10. The van der Waals surface area contributed by atoms with Gasteiger partial charge in [-0.3, -0.25) is 24.9 Å². The highest BCUT2D eigenvalue weighted by Crippen LogP contribution is 2.36. The average molecular weight is 785 g/mol. The van der Waals surface area contributed by atoms with Crippen molar-refractivity contribution in [2.45, 2.75) is 6.42 Å². The fourth-order valence-corrected chi connectivity index (χ4v) is 7.40. The Morgan fingerprint density at radius 1 is 0.246 bits per heavy atom. The summed E-state index contributed by atoms with van der Waals surface area (Å²) in [7, 11) is 0. The summed E-state index contributed by atoms with van der Waals surface area (Å²) < 4.78 is 0. The lowest BCUT2D eigenvalue weighted by Crippen LogP contribution is -1.97. The molecule has 2 aromatic carbocycles. The zero-order chi connectivity index (χ0) is 40.8. The maximum Gasteiger partial charge on any atom is 0.0893 e. The molecule has 0 saturated heterocycles. The van der Waals surface area contributed by atoms with Crippen molar-refractivity contribution in [3.63, 3.8) is 0 Å². The summed E-state index contributed by atoms with van der Waals surface area (Å²) in [5, 5.41) is 0. The second kappa shape index (κ2) is 16.9. The largest absolute Gasteiger partial charge is 0.255 e. The summed E-state index contributed by atoms with van der Waals surface area (Å²) in [6, 6.07) is 61.1. The molecule has 0 N–H and O–H groups in total. The molecule has 10 rings (SSSR count). The van der Waals surface area contributed by atoms with E-state index in [1.54, 1.807) is 24.8 Å². The Hall–Kier alpha value is -8.36. The molecule has 8 nitrogen and oxygen atoms in total. The van der Waals surface area contributed by atoms with Crippen LogP contribution in [0.2, 0.25) is 0 Å². The van der Waals surface area contributed by atoms with Crippen LogP contribution in [0, 0.1) is 0 Å². The van der Waals surface area contributed by atoms with Gasteiger partial charge in [0.1, 0.15) is 0 Å². The summed E-state index contributed by atoms with van der Waals surface area (Å²) in [5.74, 6) is 0. The topological polar surface area (TPSA) is 103 Å². The van der Waals surface area contributed by atoms with E-state index in [0.29, 0.717) is 6.42 Å². The smallest absolute Gasteiger partial charge is 0.0893 e. The molecular formula is C53H36N8. The molecule has 0 spiro atoms. The lowest BCUT2D eigenvalue weighted by Gasteiger charge is -2.15. The van der Waals surface area contributed by atoms with E-state index in [2.05, 4.69) is 68.5 Å². The minimum absolute atomic E-state index is 0.593. The summed E-state index contributed by atoms with van der Waals surface area (Å²) in [6.07, 6.45) is 7.76. The van der Waals surface area contributed by atoms with Crippen molar-refractivity contribution in [2.24, 2.45) is 0 Å². The molecule has 0 aliphatic heterocycles. The van der Waals surface area contributed by atoms with Gasteiger partial charge in [0.05, 0.1) is 62.6 Å². The highest BCUT2D eigenvalue weighted by molar-refractivity contribution is 5.82. The second-order valence-corrected chi connectivity index (χ2v) is 14.5. The standard InChI is InChI=1S/C53H36N8/c1-5-25-54-46(14-1)50-21-9-13-42(58-50)31-36-29-37(32-39(30-36)43-18-10-22-51(59-43)47-15-2-6-26-55-47)38-33-40(44-19-11-23-52(60-44)48-16-3-7-27-56-48)35-41(34-38)45-20-12-24-53(61-45)49-17-4-8-28-57-49/h1-30,32-35H,31H2. The Bertz CT molecular complexity index is 3000. The van der Waals surface area contributed by atoms with Gasteiger partial charge in [0, 0.05) is 53.6 Å².